The molecule has 0 aliphatic carbocycles. The standard InChI is InChI=1S/C26H24BrN5S/c1-17-14-20(18(2)32(17)23-11-4-3-9-21(23)27)25-24(22-10-5-6-13-29-22)30-26(33)31(25)16-19-8-7-12-28-15-19/h3-15,24-25H,16H2,1-2H3,(H,30,33)/t24-,25-/m1/s1. The second-order valence-corrected chi connectivity index (χ2v) is 9.47. The van der Waals surface area contributed by atoms with Crippen molar-refractivity contribution in [3.8, 4) is 5.69 Å². The third-order valence-electron chi connectivity index (χ3n) is 6.16. The van der Waals surface area contributed by atoms with Gasteiger partial charge in [0.2, 0.25) is 0 Å². The van der Waals surface area contributed by atoms with Crippen molar-refractivity contribution in [3.63, 3.8) is 0 Å². The third-order valence-corrected chi connectivity index (χ3v) is 7.18. The molecule has 0 amide bonds. The highest BCUT2D eigenvalue weighted by atomic mass is 79.9. The molecule has 7 heteroatoms. The molecule has 1 fully saturated rings. The first-order valence-electron chi connectivity index (χ1n) is 10.9. The van der Waals surface area contributed by atoms with Crippen LogP contribution in [0.3, 0.4) is 0 Å². The molecule has 1 aromatic carbocycles. The van der Waals surface area contributed by atoms with Gasteiger partial charge in [0.25, 0.3) is 0 Å². The molecule has 5 nitrogen and oxygen atoms in total. The van der Waals surface area contributed by atoms with Crippen LogP contribution in [0.2, 0.25) is 0 Å². The van der Waals surface area contributed by atoms with E-state index in [1.54, 1.807) is 6.20 Å². The molecule has 0 spiro atoms. The molecule has 1 aliphatic rings. The highest BCUT2D eigenvalue weighted by Gasteiger charge is 2.41. The summed E-state index contributed by atoms with van der Waals surface area (Å²) in [7, 11) is 0. The molecule has 166 valence electrons. The molecule has 4 aromatic rings. The predicted molar refractivity (Wildman–Crippen MR) is 138 cm³/mol. The smallest absolute Gasteiger partial charge is 0.170 e. The van der Waals surface area contributed by atoms with E-state index in [2.05, 4.69) is 90.9 Å². The van der Waals surface area contributed by atoms with Gasteiger partial charge in [-0.2, -0.15) is 0 Å². The van der Waals surface area contributed by atoms with Crippen LogP contribution in [0.5, 0.6) is 0 Å². The fourth-order valence-electron chi connectivity index (χ4n) is 4.69. The van der Waals surface area contributed by atoms with Gasteiger partial charge in [-0.3, -0.25) is 9.97 Å². The van der Waals surface area contributed by atoms with Gasteiger partial charge < -0.3 is 14.8 Å². The number of hydrogen-bond acceptors (Lipinski definition) is 3. The van der Waals surface area contributed by atoms with Gasteiger partial charge >= 0.3 is 0 Å². The van der Waals surface area contributed by atoms with Gasteiger partial charge in [0.1, 0.15) is 0 Å². The molecule has 5 rings (SSSR count). The maximum atomic E-state index is 5.84. The van der Waals surface area contributed by atoms with Gasteiger partial charge in [-0.05, 0) is 89.5 Å². The lowest BCUT2D eigenvalue weighted by Gasteiger charge is -2.28. The van der Waals surface area contributed by atoms with E-state index in [1.807, 2.05) is 36.7 Å². The normalized spacial score (nSPS) is 17.9. The van der Waals surface area contributed by atoms with Gasteiger partial charge in [0, 0.05) is 41.0 Å². The Bertz CT molecular complexity index is 1290. The van der Waals surface area contributed by atoms with Crippen LogP contribution < -0.4 is 5.32 Å². The Labute approximate surface area is 207 Å². The molecule has 0 radical (unpaired) electrons. The molecule has 4 heterocycles. The molecule has 0 unspecified atom stereocenters. The Hall–Kier alpha value is -3.03. The van der Waals surface area contributed by atoms with Crippen molar-refractivity contribution in [1.82, 2.24) is 24.8 Å². The van der Waals surface area contributed by atoms with E-state index >= 15 is 0 Å². The van der Waals surface area contributed by atoms with Gasteiger partial charge in [0.05, 0.1) is 23.5 Å². The first-order valence-corrected chi connectivity index (χ1v) is 12.1. The molecule has 0 saturated carbocycles. The molecule has 3 aromatic heterocycles. The number of halogens is 1. The zero-order valence-electron chi connectivity index (χ0n) is 18.4. The highest BCUT2D eigenvalue weighted by molar-refractivity contribution is 9.10. The summed E-state index contributed by atoms with van der Waals surface area (Å²) in [5.74, 6) is 0. The second kappa shape index (κ2) is 9.08. The number of hydrogen-bond donors (Lipinski definition) is 1. The Morgan fingerprint density at radius 2 is 1.85 bits per heavy atom. The first-order chi connectivity index (χ1) is 16.0. The van der Waals surface area contributed by atoms with Crippen molar-refractivity contribution in [1.29, 1.82) is 0 Å². The van der Waals surface area contributed by atoms with Crippen LogP contribution in [0.15, 0.2) is 83.7 Å². The van der Waals surface area contributed by atoms with E-state index in [0.29, 0.717) is 6.54 Å². The fourth-order valence-corrected chi connectivity index (χ4v) is 5.46. The monoisotopic (exact) mass is 517 g/mol. The number of para-hydroxylation sites is 1. The Kier molecular flexibility index (Phi) is 6.00. The Morgan fingerprint density at radius 1 is 1.03 bits per heavy atom. The molecule has 0 bridgehead atoms. The van der Waals surface area contributed by atoms with Crippen LogP contribution in [0.4, 0.5) is 0 Å². The van der Waals surface area contributed by atoms with Crippen molar-refractivity contribution < 1.29 is 0 Å². The van der Waals surface area contributed by atoms with E-state index in [4.69, 9.17) is 12.2 Å². The number of nitrogens with zero attached hydrogens (tertiary/aromatic N) is 4. The van der Waals surface area contributed by atoms with Crippen molar-refractivity contribution in [3.05, 3.63) is 112 Å². The van der Waals surface area contributed by atoms with Crippen molar-refractivity contribution >= 4 is 33.3 Å². The lowest BCUT2D eigenvalue weighted by atomic mass is 9.96. The number of aromatic nitrogens is 3. The average Bonchev–Trinajstić information content (AvgIpc) is 3.30. The van der Waals surface area contributed by atoms with E-state index in [1.165, 1.54) is 17.0 Å². The maximum absolute atomic E-state index is 5.84. The number of benzene rings is 1. The topological polar surface area (TPSA) is 46.0 Å². The summed E-state index contributed by atoms with van der Waals surface area (Å²) in [4.78, 5) is 11.2. The zero-order valence-corrected chi connectivity index (χ0v) is 20.8. The van der Waals surface area contributed by atoms with Crippen LogP contribution in [-0.4, -0.2) is 24.5 Å². The average molecular weight is 518 g/mol. The van der Waals surface area contributed by atoms with Crippen molar-refractivity contribution in [2.75, 3.05) is 0 Å². The minimum atomic E-state index is -0.0523. The maximum Gasteiger partial charge on any atom is 0.170 e. The SMILES string of the molecule is Cc1cc([C@@H]2[C@@H](c3ccccn3)NC(=S)N2Cc2cccnc2)c(C)n1-c1ccccc1Br. The number of thiocarbonyl (C=S) groups is 1. The van der Waals surface area contributed by atoms with E-state index in [-0.39, 0.29) is 12.1 Å². The second-order valence-electron chi connectivity index (χ2n) is 8.23. The summed E-state index contributed by atoms with van der Waals surface area (Å²) in [6.45, 7) is 5.01. The van der Waals surface area contributed by atoms with Gasteiger partial charge in [-0.25, -0.2) is 0 Å². The lowest BCUT2D eigenvalue weighted by Crippen LogP contribution is -2.29. The molecule has 1 N–H and O–H groups in total. The van der Waals surface area contributed by atoms with E-state index in [9.17, 15) is 0 Å². The van der Waals surface area contributed by atoms with Gasteiger partial charge in [-0.15, -0.1) is 0 Å². The molecule has 1 aliphatic heterocycles. The van der Waals surface area contributed by atoms with Crippen molar-refractivity contribution in [2.24, 2.45) is 0 Å². The molecule has 2 atom stereocenters. The predicted octanol–water partition coefficient (Wildman–Crippen LogP) is 5.82. The largest absolute Gasteiger partial charge is 0.352 e. The Morgan fingerprint density at radius 3 is 2.58 bits per heavy atom. The van der Waals surface area contributed by atoms with Crippen LogP contribution in [0.25, 0.3) is 5.69 Å². The summed E-state index contributed by atoms with van der Waals surface area (Å²) in [6.07, 6.45) is 5.53. The summed E-state index contributed by atoms with van der Waals surface area (Å²) < 4.78 is 3.37. The summed E-state index contributed by atoms with van der Waals surface area (Å²) in [6, 6.07) is 20.6. The summed E-state index contributed by atoms with van der Waals surface area (Å²) >= 11 is 9.57. The molecular formula is C26H24BrN5S. The Balaban J connectivity index is 1.63. The minimum absolute atomic E-state index is 0.00459. The van der Waals surface area contributed by atoms with Crippen LogP contribution in [0, 0.1) is 13.8 Å². The fraction of sp³-hybridized carbons (Fsp3) is 0.192. The van der Waals surface area contributed by atoms with Crippen molar-refractivity contribution in [2.45, 2.75) is 32.5 Å². The van der Waals surface area contributed by atoms with E-state index < -0.39 is 0 Å². The zero-order chi connectivity index (χ0) is 22.9. The highest BCUT2D eigenvalue weighted by Crippen LogP contribution is 2.42. The summed E-state index contributed by atoms with van der Waals surface area (Å²) in [5, 5.41) is 4.28. The van der Waals surface area contributed by atoms with Gasteiger partial charge in [0.15, 0.2) is 5.11 Å². The quantitative estimate of drug-likeness (QED) is 0.338. The molecule has 33 heavy (non-hydrogen) atoms. The first kappa shape index (κ1) is 21.8. The summed E-state index contributed by atoms with van der Waals surface area (Å²) in [5.41, 5.74) is 6.81. The lowest BCUT2D eigenvalue weighted by molar-refractivity contribution is 0.310. The van der Waals surface area contributed by atoms with Gasteiger partial charge in [-0.1, -0.05) is 24.3 Å². The molecular weight excluding hydrogens is 494 g/mol. The number of rotatable bonds is 5. The molecule has 1 saturated heterocycles. The number of nitrogens with one attached hydrogen (secondary N) is 1. The third kappa shape index (κ3) is 4.07. The van der Waals surface area contributed by atoms with Crippen LogP contribution in [-0.2, 0) is 6.54 Å². The van der Waals surface area contributed by atoms with Crippen LogP contribution >= 0.6 is 28.1 Å². The van der Waals surface area contributed by atoms with E-state index in [0.717, 1.165) is 26.5 Å². The number of pyridine rings is 2. The van der Waals surface area contributed by atoms with Crippen LogP contribution in [0.1, 0.15) is 40.3 Å². The number of aryl methyl sites for hydroxylation is 1. The minimum Gasteiger partial charge on any atom is -0.352 e.